The zero-order valence-electron chi connectivity index (χ0n) is 11.9. The lowest BCUT2D eigenvalue weighted by Crippen LogP contribution is -2.37. The molecule has 3 unspecified atom stereocenters. The quantitative estimate of drug-likeness (QED) is 0.894. The first-order valence-electron chi connectivity index (χ1n) is 7.13. The molecule has 1 aliphatic rings. The average Bonchev–Trinajstić information content (AvgIpc) is 2.37. The van der Waals surface area contributed by atoms with Gasteiger partial charge in [-0.1, -0.05) is 12.1 Å². The summed E-state index contributed by atoms with van der Waals surface area (Å²) in [5, 5.41) is 13.1. The fraction of sp³-hybridized carbons (Fsp3) is 0.600. The number of hydrogen-bond donors (Lipinski definition) is 2. The van der Waals surface area contributed by atoms with Crippen molar-refractivity contribution in [1.29, 1.82) is 0 Å². The van der Waals surface area contributed by atoms with Crippen LogP contribution in [0.5, 0.6) is 5.75 Å². The van der Waals surface area contributed by atoms with Gasteiger partial charge in [0.15, 0.2) is 0 Å². The number of nitrogens with one attached hydrogen (secondary N) is 1. The maximum absolute atomic E-state index is 12.1. The Balaban J connectivity index is 1.91. The summed E-state index contributed by atoms with van der Waals surface area (Å²) in [6.07, 6.45) is -1.36. The molecule has 1 aromatic rings. The first-order chi connectivity index (χ1) is 9.83. The molecule has 0 heterocycles. The number of aliphatic hydroxyl groups excluding tert-OH is 1. The largest absolute Gasteiger partial charge is 0.573 e. The van der Waals surface area contributed by atoms with Gasteiger partial charge in [0.25, 0.3) is 0 Å². The van der Waals surface area contributed by atoms with Crippen LogP contribution < -0.4 is 10.1 Å². The van der Waals surface area contributed by atoms with Crippen molar-refractivity contribution in [2.45, 2.75) is 57.2 Å². The molecule has 1 saturated carbocycles. The number of halogens is 3. The molecule has 0 aromatic heterocycles. The molecule has 0 radical (unpaired) electrons. The van der Waals surface area contributed by atoms with Gasteiger partial charge in [0, 0.05) is 12.1 Å². The van der Waals surface area contributed by atoms with E-state index in [1.54, 1.807) is 12.1 Å². The number of benzene rings is 1. The molecule has 1 fully saturated rings. The van der Waals surface area contributed by atoms with Gasteiger partial charge in [-0.05, 0) is 50.3 Å². The standard InChI is InChI=1S/C15H20F3NO2/c1-10(19-12-3-2-4-13(20)9-12)11-5-7-14(8-6-11)21-15(16,17)18/h5-8,10,12-13,19-20H,2-4,9H2,1H3. The number of ether oxygens (including phenoxy) is 1. The molecule has 118 valence electrons. The molecule has 0 aliphatic heterocycles. The number of aliphatic hydroxyl groups is 1. The van der Waals surface area contributed by atoms with Gasteiger partial charge in [0.2, 0.25) is 0 Å². The molecule has 3 atom stereocenters. The summed E-state index contributed by atoms with van der Waals surface area (Å²) in [5.74, 6) is -0.216. The predicted molar refractivity (Wildman–Crippen MR) is 72.9 cm³/mol. The summed E-state index contributed by atoms with van der Waals surface area (Å²) < 4.78 is 40.1. The first kappa shape index (κ1) is 16.1. The molecule has 1 aliphatic carbocycles. The Morgan fingerprint density at radius 1 is 1.24 bits per heavy atom. The second-order valence-electron chi connectivity index (χ2n) is 5.52. The van der Waals surface area contributed by atoms with Gasteiger partial charge in [-0.15, -0.1) is 13.2 Å². The van der Waals surface area contributed by atoms with E-state index in [1.807, 2.05) is 6.92 Å². The minimum atomic E-state index is -4.66. The zero-order chi connectivity index (χ0) is 15.5. The van der Waals surface area contributed by atoms with Crippen LogP contribution in [0.1, 0.15) is 44.2 Å². The van der Waals surface area contributed by atoms with E-state index in [9.17, 15) is 18.3 Å². The maximum Gasteiger partial charge on any atom is 0.573 e. The van der Waals surface area contributed by atoms with Gasteiger partial charge in [-0.2, -0.15) is 0 Å². The molecule has 21 heavy (non-hydrogen) atoms. The van der Waals surface area contributed by atoms with E-state index < -0.39 is 6.36 Å². The highest BCUT2D eigenvalue weighted by Crippen LogP contribution is 2.26. The summed E-state index contributed by atoms with van der Waals surface area (Å²) in [5.41, 5.74) is 0.893. The summed E-state index contributed by atoms with van der Waals surface area (Å²) in [4.78, 5) is 0. The van der Waals surface area contributed by atoms with E-state index in [4.69, 9.17) is 0 Å². The molecule has 0 saturated heterocycles. The lowest BCUT2D eigenvalue weighted by molar-refractivity contribution is -0.274. The third-order valence-corrected chi connectivity index (χ3v) is 3.75. The Labute approximate surface area is 122 Å². The molecular weight excluding hydrogens is 283 g/mol. The highest BCUT2D eigenvalue weighted by atomic mass is 19.4. The molecular formula is C15H20F3NO2. The Morgan fingerprint density at radius 2 is 1.90 bits per heavy atom. The maximum atomic E-state index is 12.1. The fourth-order valence-electron chi connectivity index (χ4n) is 2.72. The first-order valence-corrected chi connectivity index (χ1v) is 7.13. The lowest BCUT2D eigenvalue weighted by Gasteiger charge is -2.29. The van der Waals surface area contributed by atoms with Crippen LogP contribution in [0.2, 0.25) is 0 Å². The second kappa shape index (κ2) is 6.66. The molecule has 3 nitrogen and oxygen atoms in total. The second-order valence-corrected chi connectivity index (χ2v) is 5.52. The van der Waals surface area contributed by atoms with Gasteiger partial charge in [-0.3, -0.25) is 0 Å². The van der Waals surface area contributed by atoms with Gasteiger partial charge >= 0.3 is 6.36 Å². The third kappa shape index (κ3) is 5.21. The van der Waals surface area contributed by atoms with E-state index >= 15 is 0 Å². The number of hydrogen-bond acceptors (Lipinski definition) is 3. The molecule has 0 spiro atoms. The zero-order valence-corrected chi connectivity index (χ0v) is 11.9. The number of alkyl halides is 3. The van der Waals surface area contributed by atoms with Gasteiger partial charge in [-0.25, -0.2) is 0 Å². The van der Waals surface area contributed by atoms with Crippen molar-refractivity contribution < 1.29 is 23.0 Å². The predicted octanol–water partition coefficient (Wildman–Crippen LogP) is 3.54. The third-order valence-electron chi connectivity index (χ3n) is 3.75. The SMILES string of the molecule is CC(NC1CCCC(O)C1)c1ccc(OC(F)(F)F)cc1. The Bertz CT molecular complexity index is 447. The molecule has 1 aromatic carbocycles. The van der Waals surface area contributed by atoms with Gasteiger partial charge in [0.05, 0.1) is 6.10 Å². The Hall–Kier alpha value is -1.27. The smallest absolute Gasteiger partial charge is 0.406 e. The van der Waals surface area contributed by atoms with Crippen LogP contribution in [-0.4, -0.2) is 23.6 Å². The van der Waals surface area contributed by atoms with Crippen molar-refractivity contribution in [3.05, 3.63) is 29.8 Å². The van der Waals surface area contributed by atoms with Crippen molar-refractivity contribution >= 4 is 0 Å². The highest BCUT2D eigenvalue weighted by Gasteiger charge is 2.31. The van der Waals surface area contributed by atoms with Crippen LogP contribution in [0.3, 0.4) is 0 Å². The monoisotopic (exact) mass is 303 g/mol. The summed E-state index contributed by atoms with van der Waals surface area (Å²) in [6, 6.07) is 6.14. The Morgan fingerprint density at radius 3 is 2.48 bits per heavy atom. The fourth-order valence-corrected chi connectivity index (χ4v) is 2.72. The lowest BCUT2D eigenvalue weighted by atomic mass is 9.92. The highest BCUT2D eigenvalue weighted by molar-refractivity contribution is 5.29. The molecule has 6 heteroatoms. The topological polar surface area (TPSA) is 41.5 Å². The van der Waals surface area contributed by atoms with E-state index in [0.29, 0.717) is 0 Å². The summed E-state index contributed by atoms with van der Waals surface area (Å²) in [7, 11) is 0. The van der Waals surface area contributed by atoms with E-state index in [2.05, 4.69) is 10.1 Å². The van der Waals surface area contributed by atoms with Gasteiger partial charge in [0.1, 0.15) is 5.75 Å². The van der Waals surface area contributed by atoms with Crippen molar-refractivity contribution in [2.24, 2.45) is 0 Å². The van der Waals surface area contributed by atoms with Crippen LogP contribution in [0, 0.1) is 0 Å². The molecule has 0 bridgehead atoms. The van der Waals surface area contributed by atoms with Crippen molar-refractivity contribution in [2.75, 3.05) is 0 Å². The van der Waals surface area contributed by atoms with Crippen LogP contribution in [0.25, 0.3) is 0 Å². The minimum absolute atomic E-state index is 0.0141. The Kier molecular flexibility index (Phi) is 5.11. The number of rotatable bonds is 4. The van der Waals surface area contributed by atoms with Crippen LogP contribution >= 0.6 is 0 Å². The minimum Gasteiger partial charge on any atom is -0.406 e. The summed E-state index contributed by atoms with van der Waals surface area (Å²) in [6.45, 7) is 1.96. The van der Waals surface area contributed by atoms with Crippen LogP contribution in [0.4, 0.5) is 13.2 Å². The van der Waals surface area contributed by atoms with Crippen molar-refractivity contribution in [3.8, 4) is 5.75 Å². The molecule has 2 rings (SSSR count). The molecule has 2 N–H and O–H groups in total. The normalized spacial score (nSPS) is 24.6. The van der Waals surface area contributed by atoms with Crippen molar-refractivity contribution in [1.82, 2.24) is 5.32 Å². The van der Waals surface area contributed by atoms with Crippen molar-refractivity contribution in [3.63, 3.8) is 0 Å². The van der Waals surface area contributed by atoms with E-state index in [1.165, 1.54) is 12.1 Å². The van der Waals surface area contributed by atoms with E-state index in [-0.39, 0.29) is 23.9 Å². The van der Waals surface area contributed by atoms with Crippen LogP contribution in [0.15, 0.2) is 24.3 Å². The van der Waals surface area contributed by atoms with Crippen LogP contribution in [-0.2, 0) is 0 Å². The van der Waals surface area contributed by atoms with Gasteiger partial charge < -0.3 is 15.2 Å². The van der Waals surface area contributed by atoms with E-state index in [0.717, 1.165) is 31.2 Å². The molecule has 0 amide bonds. The summed E-state index contributed by atoms with van der Waals surface area (Å²) >= 11 is 0. The average molecular weight is 303 g/mol.